The molecule has 0 aromatic carbocycles. The summed E-state index contributed by atoms with van der Waals surface area (Å²) in [5.74, 6) is 0.243. The maximum atomic E-state index is 12.4. The SMILES string of the molecule is FC(F)(F)c1ncc(C2CC3CCC2N3)s1. The summed E-state index contributed by atoms with van der Waals surface area (Å²) in [7, 11) is 0. The highest BCUT2D eigenvalue weighted by atomic mass is 32.1. The molecule has 0 aliphatic carbocycles. The highest BCUT2D eigenvalue weighted by Gasteiger charge is 2.42. The summed E-state index contributed by atoms with van der Waals surface area (Å²) in [6, 6.07) is 0.873. The van der Waals surface area contributed by atoms with Gasteiger partial charge in [-0.15, -0.1) is 11.3 Å². The van der Waals surface area contributed by atoms with Crippen LogP contribution in [-0.4, -0.2) is 17.1 Å². The minimum atomic E-state index is -4.30. The molecule has 2 aliphatic heterocycles. The van der Waals surface area contributed by atoms with Gasteiger partial charge < -0.3 is 5.32 Å². The Hall–Kier alpha value is -0.620. The Labute approximate surface area is 94.9 Å². The Kier molecular flexibility index (Phi) is 2.26. The number of rotatable bonds is 1. The van der Waals surface area contributed by atoms with Crippen LogP contribution in [-0.2, 0) is 6.18 Å². The molecule has 3 rings (SSSR count). The molecule has 2 nitrogen and oxygen atoms in total. The zero-order valence-electron chi connectivity index (χ0n) is 8.42. The molecule has 0 spiro atoms. The lowest BCUT2D eigenvalue weighted by atomic mass is 9.88. The molecule has 16 heavy (non-hydrogen) atoms. The maximum absolute atomic E-state index is 12.4. The fourth-order valence-electron chi connectivity index (χ4n) is 2.73. The largest absolute Gasteiger partial charge is 0.443 e. The van der Waals surface area contributed by atoms with E-state index in [9.17, 15) is 13.2 Å². The van der Waals surface area contributed by atoms with Gasteiger partial charge in [-0.1, -0.05) is 0 Å². The standard InChI is InChI=1S/C10H11F3N2S/c11-10(12,13)9-14-4-8(16-9)6-3-5-1-2-7(6)15-5/h4-7,15H,1-3H2. The predicted octanol–water partition coefficient (Wildman–Crippen LogP) is 2.77. The molecule has 1 N–H and O–H groups in total. The van der Waals surface area contributed by atoms with Crippen LogP contribution in [0.4, 0.5) is 13.2 Å². The number of alkyl halides is 3. The third-order valence-corrected chi connectivity index (χ3v) is 4.61. The Bertz CT molecular complexity index is 401. The van der Waals surface area contributed by atoms with Gasteiger partial charge in [0.25, 0.3) is 0 Å². The van der Waals surface area contributed by atoms with E-state index < -0.39 is 11.2 Å². The predicted molar refractivity (Wildman–Crippen MR) is 54.4 cm³/mol. The van der Waals surface area contributed by atoms with Crippen molar-refractivity contribution in [1.82, 2.24) is 10.3 Å². The second kappa shape index (κ2) is 3.43. The molecule has 0 amide bonds. The molecule has 3 unspecified atom stereocenters. The molecule has 2 saturated heterocycles. The molecule has 6 heteroatoms. The number of nitrogens with zero attached hydrogens (tertiary/aromatic N) is 1. The van der Waals surface area contributed by atoms with Crippen LogP contribution in [0.3, 0.4) is 0 Å². The van der Waals surface area contributed by atoms with E-state index in [1.165, 1.54) is 6.20 Å². The smallest absolute Gasteiger partial charge is 0.311 e. The summed E-state index contributed by atoms with van der Waals surface area (Å²) in [6.07, 6.45) is 0.305. The molecule has 2 aliphatic rings. The molecular formula is C10H11F3N2S. The first-order valence-corrected chi connectivity index (χ1v) is 6.14. The number of fused-ring (bicyclic) bond motifs is 2. The van der Waals surface area contributed by atoms with Crippen LogP contribution in [0.2, 0.25) is 0 Å². The fourth-order valence-corrected chi connectivity index (χ4v) is 3.69. The fraction of sp³-hybridized carbons (Fsp3) is 0.700. The molecule has 0 saturated carbocycles. The summed E-state index contributed by atoms with van der Waals surface area (Å²) in [5, 5.41) is 2.70. The van der Waals surface area contributed by atoms with Crippen molar-refractivity contribution < 1.29 is 13.2 Å². The average Bonchev–Trinajstić information content (AvgIpc) is 2.92. The van der Waals surface area contributed by atoms with Crippen LogP contribution in [0.1, 0.15) is 35.1 Å². The van der Waals surface area contributed by atoms with Crippen LogP contribution in [0.15, 0.2) is 6.20 Å². The second-order valence-corrected chi connectivity index (χ2v) is 5.52. The third kappa shape index (κ3) is 1.64. The average molecular weight is 248 g/mol. The van der Waals surface area contributed by atoms with Crippen molar-refractivity contribution in [3.8, 4) is 0 Å². The molecule has 2 fully saturated rings. The molecule has 1 aromatic rings. The molecule has 88 valence electrons. The van der Waals surface area contributed by atoms with Gasteiger partial charge in [0.15, 0.2) is 5.01 Å². The number of halogens is 3. The Morgan fingerprint density at radius 1 is 1.38 bits per heavy atom. The van der Waals surface area contributed by atoms with Crippen molar-refractivity contribution in [3.63, 3.8) is 0 Å². The third-order valence-electron chi connectivity index (χ3n) is 3.43. The first-order chi connectivity index (χ1) is 7.54. The van der Waals surface area contributed by atoms with E-state index in [0.29, 0.717) is 12.1 Å². The van der Waals surface area contributed by atoms with E-state index in [2.05, 4.69) is 10.3 Å². The minimum absolute atomic E-state index is 0.243. The zero-order chi connectivity index (χ0) is 11.3. The van der Waals surface area contributed by atoms with Crippen LogP contribution in [0.5, 0.6) is 0 Å². The van der Waals surface area contributed by atoms with Gasteiger partial charge in [0.05, 0.1) is 0 Å². The van der Waals surface area contributed by atoms with Gasteiger partial charge >= 0.3 is 6.18 Å². The van der Waals surface area contributed by atoms with Crippen LogP contribution in [0.25, 0.3) is 0 Å². The summed E-state index contributed by atoms with van der Waals surface area (Å²) >= 11 is 0.801. The summed E-state index contributed by atoms with van der Waals surface area (Å²) < 4.78 is 37.2. The van der Waals surface area contributed by atoms with Gasteiger partial charge in [-0.05, 0) is 19.3 Å². The molecule has 2 bridgehead atoms. The van der Waals surface area contributed by atoms with E-state index in [0.717, 1.165) is 35.5 Å². The van der Waals surface area contributed by atoms with E-state index >= 15 is 0 Å². The quantitative estimate of drug-likeness (QED) is 0.826. The number of hydrogen-bond donors (Lipinski definition) is 1. The van der Waals surface area contributed by atoms with Crippen molar-refractivity contribution in [3.05, 3.63) is 16.1 Å². The van der Waals surface area contributed by atoms with E-state index in [-0.39, 0.29) is 5.92 Å². The Morgan fingerprint density at radius 3 is 2.69 bits per heavy atom. The van der Waals surface area contributed by atoms with Crippen molar-refractivity contribution in [2.75, 3.05) is 0 Å². The lowest BCUT2D eigenvalue weighted by Crippen LogP contribution is -2.21. The van der Waals surface area contributed by atoms with Gasteiger partial charge in [-0.2, -0.15) is 13.2 Å². The topological polar surface area (TPSA) is 24.9 Å². The molecule has 3 atom stereocenters. The van der Waals surface area contributed by atoms with Crippen molar-refractivity contribution in [2.45, 2.75) is 43.4 Å². The molecule has 0 radical (unpaired) electrons. The maximum Gasteiger partial charge on any atom is 0.443 e. The monoisotopic (exact) mass is 248 g/mol. The van der Waals surface area contributed by atoms with Crippen molar-refractivity contribution >= 4 is 11.3 Å². The molecular weight excluding hydrogens is 237 g/mol. The van der Waals surface area contributed by atoms with Gasteiger partial charge in [0.1, 0.15) is 0 Å². The van der Waals surface area contributed by atoms with Gasteiger partial charge in [0.2, 0.25) is 0 Å². The van der Waals surface area contributed by atoms with E-state index in [1.54, 1.807) is 0 Å². The second-order valence-electron chi connectivity index (χ2n) is 4.46. The number of aromatic nitrogens is 1. The van der Waals surface area contributed by atoms with Crippen LogP contribution < -0.4 is 5.32 Å². The Balaban J connectivity index is 1.83. The van der Waals surface area contributed by atoms with E-state index in [1.807, 2.05) is 0 Å². The van der Waals surface area contributed by atoms with Crippen molar-refractivity contribution in [2.24, 2.45) is 0 Å². The number of thiazole rings is 1. The van der Waals surface area contributed by atoms with Gasteiger partial charge in [0, 0.05) is 29.1 Å². The van der Waals surface area contributed by atoms with Crippen molar-refractivity contribution in [1.29, 1.82) is 0 Å². The molecule has 1 aromatic heterocycles. The normalized spacial score (nSPS) is 33.6. The minimum Gasteiger partial charge on any atom is -0.311 e. The first kappa shape index (κ1) is 10.5. The lowest BCUT2D eigenvalue weighted by molar-refractivity contribution is -0.137. The van der Waals surface area contributed by atoms with Crippen LogP contribution in [0, 0.1) is 0 Å². The molecule has 3 heterocycles. The van der Waals surface area contributed by atoms with E-state index in [4.69, 9.17) is 0 Å². The summed E-state index contributed by atoms with van der Waals surface area (Å²) in [4.78, 5) is 4.27. The number of hydrogen-bond acceptors (Lipinski definition) is 3. The highest BCUT2D eigenvalue weighted by molar-refractivity contribution is 7.11. The number of nitrogens with one attached hydrogen (secondary N) is 1. The highest BCUT2D eigenvalue weighted by Crippen LogP contribution is 2.43. The van der Waals surface area contributed by atoms with Crippen LogP contribution >= 0.6 is 11.3 Å². The summed E-state index contributed by atoms with van der Waals surface area (Å²) in [6.45, 7) is 0. The summed E-state index contributed by atoms with van der Waals surface area (Å²) in [5.41, 5.74) is 0. The van der Waals surface area contributed by atoms with Gasteiger partial charge in [-0.25, -0.2) is 4.98 Å². The zero-order valence-corrected chi connectivity index (χ0v) is 9.24. The lowest BCUT2D eigenvalue weighted by Gasteiger charge is -2.17. The Morgan fingerprint density at radius 2 is 2.19 bits per heavy atom. The first-order valence-electron chi connectivity index (χ1n) is 5.33. The van der Waals surface area contributed by atoms with Gasteiger partial charge in [-0.3, -0.25) is 0 Å².